The lowest BCUT2D eigenvalue weighted by molar-refractivity contribution is 0.0745. The molecule has 1 saturated heterocycles. The van der Waals surface area contributed by atoms with Crippen molar-refractivity contribution in [1.29, 1.82) is 0 Å². The Morgan fingerprint density at radius 2 is 1.85 bits per heavy atom. The van der Waals surface area contributed by atoms with Gasteiger partial charge in [0.1, 0.15) is 5.69 Å². The molecule has 0 atom stereocenters. The highest BCUT2D eigenvalue weighted by molar-refractivity contribution is 5.92. The highest BCUT2D eigenvalue weighted by Gasteiger charge is 2.29. The average molecular weight is 352 g/mol. The number of amides is 1. The Labute approximate surface area is 155 Å². The Morgan fingerprint density at radius 1 is 1.08 bits per heavy atom. The van der Waals surface area contributed by atoms with Crippen LogP contribution in [0.1, 0.15) is 41.4 Å². The summed E-state index contributed by atoms with van der Waals surface area (Å²) in [4.78, 5) is 17.6. The summed E-state index contributed by atoms with van der Waals surface area (Å²) in [5.41, 5.74) is 3.73. The average Bonchev–Trinajstić information content (AvgIpc) is 3.22. The van der Waals surface area contributed by atoms with Crippen LogP contribution in [0, 0.1) is 0 Å². The van der Waals surface area contributed by atoms with Crippen LogP contribution in [0.4, 0.5) is 0 Å². The molecule has 0 radical (unpaired) electrons. The van der Waals surface area contributed by atoms with Crippen molar-refractivity contribution in [2.24, 2.45) is 0 Å². The molecule has 4 rings (SSSR count). The third-order valence-electron chi connectivity index (χ3n) is 5.73. The number of rotatable bonds is 4. The van der Waals surface area contributed by atoms with Crippen molar-refractivity contribution in [1.82, 2.24) is 19.6 Å². The largest absolute Gasteiger partial charge is 0.336 e. The van der Waals surface area contributed by atoms with Gasteiger partial charge in [-0.3, -0.25) is 14.4 Å². The monoisotopic (exact) mass is 352 g/mol. The molecular formula is C21H28N4O. The zero-order chi connectivity index (χ0) is 17.9. The molecule has 5 heteroatoms. The van der Waals surface area contributed by atoms with Crippen LogP contribution < -0.4 is 0 Å². The second-order valence-electron chi connectivity index (χ2n) is 7.45. The molecule has 2 aliphatic rings. The molecule has 1 aliphatic heterocycles. The summed E-state index contributed by atoms with van der Waals surface area (Å²) in [7, 11) is 0. The van der Waals surface area contributed by atoms with Crippen molar-refractivity contribution in [3.05, 3.63) is 53.3 Å². The molecular weight excluding hydrogens is 324 g/mol. The highest BCUT2D eigenvalue weighted by atomic mass is 16.2. The zero-order valence-electron chi connectivity index (χ0n) is 15.6. The van der Waals surface area contributed by atoms with E-state index < -0.39 is 0 Å². The molecule has 0 saturated carbocycles. The van der Waals surface area contributed by atoms with E-state index >= 15 is 0 Å². The van der Waals surface area contributed by atoms with Crippen LogP contribution in [0.5, 0.6) is 0 Å². The first-order valence-corrected chi connectivity index (χ1v) is 9.88. The molecule has 138 valence electrons. The summed E-state index contributed by atoms with van der Waals surface area (Å²) < 4.78 is 1.85. The Morgan fingerprint density at radius 3 is 2.58 bits per heavy atom. The van der Waals surface area contributed by atoms with E-state index in [4.69, 9.17) is 0 Å². The van der Waals surface area contributed by atoms with Gasteiger partial charge >= 0.3 is 0 Å². The fourth-order valence-corrected chi connectivity index (χ4v) is 4.37. The first kappa shape index (κ1) is 17.3. The topological polar surface area (TPSA) is 41.4 Å². The van der Waals surface area contributed by atoms with Gasteiger partial charge in [-0.25, -0.2) is 0 Å². The second kappa shape index (κ2) is 7.62. The summed E-state index contributed by atoms with van der Waals surface area (Å²) in [6.07, 6.45) is 6.06. The second-order valence-corrected chi connectivity index (χ2v) is 7.45. The van der Waals surface area contributed by atoms with Crippen LogP contribution in [0.25, 0.3) is 0 Å². The van der Waals surface area contributed by atoms with E-state index in [9.17, 15) is 4.79 Å². The van der Waals surface area contributed by atoms with Crippen LogP contribution in [0.3, 0.4) is 0 Å². The predicted molar refractivity (Wildman–Crippen MR) is 102 cm³/mol. The smallest absolute Gasteiger partial charge is 0.272 e. The predicted octanol–water partition coefficient (Wildman–Crippen LogP) is 2.61. The molecule has 1 aromatic heterocycles. The van der Waals surface area contributed by atoms with Crippen molar-refractivity contribution >= 4 is 5.91 Å². The molecule has 5 nitrogen and oxygen atoms in total. The van der Waals surface area contributed by atoms with E-state index in [0.717, 1.165) is 64.1 Å². The van der Waals surface area contributed by atoms with Crippen molar-refractivity contribution in [3.63, 3.8) is 0 Å². The minimum atomic E-state index is 0.132. The molecule has 0 unspecified atom stereocenters. The molecule has 2 aromatic rings. The first-order chi connectivity index (χ1) is 12.8. The third kappa shape index (κ3) is 3.40. The number of carbonyl (C=O) groups excluding carboxylic acids is 1. The maximum Gasteiger partial charge on any atom is 0.272 e. The molecule has 0 N–H and O–H groups in total. The zero-order valence-corrected chi connectivity index (χ0v) is 15.6. The van der Waals surface area contributed by atoms with Crippen LogP contribution in [-0.2, 0) is 19.4 Å². The summed E-state index contributed by atoms with van der Waals surface area (Å²) in [5.74, 6) is 0.132. The van der Waals surface area contributed by atoms with Crippen LogP contribution >= 0.6 is 0 Å². The standard InChI is InChI=1S/C21H28N4O/c1-2-10-25-20(8-9-22-25)21(26)24-12-5-11-23(13-14-24)19-15-17-6-3-4-7-18(17)16-19/h3-4,6-9,19H,2,5,10-16H2,1H3. The molecule has 2 heterocycles. The van der Waals surface area contributed by atoms with Crippen LogP contribution in [0.15, 0.2) is 36.5 Å². The van der Waals surface area contributed by atoms with E-state index in [1.165, 1.54) is 11.1 Å². The van der Waals surface area contributed by atoms with Gasteiger partial charge in [-0.1, -0.05) is 31.2 Å². The molecule has 1 fully saturated rings. The van der Waals surface area contributed by atoms with E-state index in [1.807, 2.05) is 15.6 Å². The van der Waals surface area contributed by atoms with E-state index in [0.29, 0.717) is 6.04 Å². The lowest BCUT2D eigenvalue weighted by atomic mass is 10.1. The van der Waals surface area contributed by atoms with Crippen LogP contribution in [-0.4, -0.2) is 57.7 Å². The third-order valence-corrected chi connectivity index (χ3v) is 5.73. The van der Waals surface area contributed by atoms with Gasteiger partial charge in [0.15, 0.2) is 0 Å². The quantitative estimate of drug-likeness (QED) is 0.849. The maximum absolute atomic E-state index is 13.0. The van der Waals surface area contributed by atoms with E-state index in [1.54, 1.807) is 6.20 Å². The van der Waals surface area contributed by atoms with E-state index in [2.05, 4.69) is 41.2 Å². The van der Waals surface area contributed by atoms with Gasteiger partial charge in [-0.05, 0) is 42.9 Å². The van der Waals surface area contributed by atoms with Gasteiger partial charge in [0, 0.05) is 45.0 Å². The minimum Gasteiger partial charge on any atom is -0.336 e. The number of benzene rings is 1. The Bertz CT molecular complexity index is 744. The SMILES string of the molecule is CCCn1nccc1C(=O)N1CCCN(C2Cc3ccccc3C2)CC1. The number of aromatic nitrogens is 2. The maximum atomic E-state index is 13.0. The fourth-order valence-electron chi connectivity index (χ4n) is 4.37. The molecule has 26 heavy (non-hydrogen) atoms. The number of hydrogen-bond acceptors (Lipinski definition) is 3. The number of nitrogens with zero attached hydrogens (tertiary/aromatic N) is 4. The summed E-state index contributed by atoms with van der Waals surface area (Å²) in [6.45, 7) is 6.60. The number of hydrogen-bond donors (Lipinski definition) is 0. The Hall–Kier alpha value is -2.14. The fraction of sp³-hybridized carbons (Fsp3) is 0.524. The number of carbonyl (C=O) groups is 1. The summed E-state index contributed by atoms with van der Waals surface area (Å²) >= 11 is 0. The summed E-state index contributed by atoms with van der Waals surface area (Å²) in [6, 6.07) is 11.3. The van der Waals surface area contributed by atoms with Crippen molar-refractivity contribution in [2.75, 3.05) is 26.2 Å². The molecule has 0 spiro atoms. The van der Waals surface area contributed by atoms with Gasteiger partial charge < -0.3 is 4.90 Å². The van der Waals surface area contributed by atoms with Crippen molar-refractivity contribution < 1.29 is 4.79 Å². The number of aryl methyl sites for hydroxylation is 1. The Kier molecular flexibility index (Phi) is 5.07. The minimum absolute atomic E-state index is 0.132. The highest BCUT2D eigenvalue weighted by Crippen LogP contribution is 2.26. The molecule has 1 aromatic carbocycles. The lowest BCUT2D eigenvalue weighted by Gasteiger charge is -2.27. The van der Waals surface area contributed by atoms with E-state index in [-0.39, 0.29) is 5.91 Å². The van der Waals surface area contributed by atoms with Crippen LogP contribution in [0.2, 0.25) is 0 Å². The van der Waals surface area contributed by atoms with Gasteiger partial charge in [0.25, 0.3) is 5.91 Å². The lowest BCUT2D eigenvalue weighted by Crippen LogP contribution is -2.40. The molecule has 1 aliphatic carbocycles. The molecule has 1 amide bonds. The normalized spacial score (nSPS) is 18.7. The molecule has 0 bridgehead atoms. The Balaban J connectivity index is 1.39. The van der Waals surface area contributed by atoms with Gasteiger partial charge in [-0.2, -0.15) is 5.10 Å². The first-order valence-electron chi connectivity index (χ1n) is 9.88. The van der Waals surface area contributed by atoms with Crippen molar-refractivity contribution in [2.45, 2.75) is 45.2 Å². The van der Waals surface area contributed by atoms with Gasteiger partial charge in [0.05, 0.1) is 0 Å². The summed E-state index contributed by atoms with van der Waals surface area (Å²) in [5, 5.41) is 4.30. The van der Waals surface area contributed by atoms with Crippen molar-refractivity contribution in [3.8, 4) is 0 Å². The van der Waals surface area contributed by atoms with Gasteiger partial charge in [-0.15, -0.1) is 0 Å². The number of fused-ring (bicyclic) bond motifs is 1. The van der Waals surface area contributed by atoms with Gasteiger partial charge in [0.2, 0.25) is 0 Å².